The first kappa shape index (κ1) is 24.1. The Labute approximate surface area is 160 Å². The van der Waals surface area contributed by atoms with Crippen molar-refractivity contribution in [2.24, 2.45) is 0 Å². The normalized spacial score (nSPS) is 13.8. The van der Waals surface area contributed by atoms with Gasteiger partial charge in [-0.3, -0.25) is 4.79 Å². The van der Waals surface area contributed by atoms with Gasteiger partial charge in [0, 0.05) is 12.5 Å². The number of hydrogen-bond donors (Lipinski definition) is 2. The fraction of sp³-hybridized carbons (Fsp3) is 0.522. The largest absolute Gasteiger partial charge is 0.394 e. The molecule has 0 spiro atoms. The number of nitrogens with one attached hydrogen (secondary N) is 1. The third-order valence-electron chi connectivity index (χ3n) is 3.61. The molecule has 0 saturated heterocycles. The zero-order valence-corrected chi connectivity index (χ0v) is 16.6. The Morgan fingerprint density at radius 2 is 1.31 bits per heavy atom. The number of aliphatic hydroxyl groups excluding tert-OH is 1. The van der Waals surface area contributed by atoms with Crippen molar-refractivity contribution in [1.82, 2.24) is 5.32 Å². The fourth-order valence-electron chi connectivity index (χ4n) is 2.14. The first-order valence-electron chi connectivity index (χ1n) is 9.85. The summed E-state index contributed by atoms with van der Waals surface area (Å²) in [5.41, 5.74) is 0. The Kier molecular flexibility index (Phi) is 18.1. The van der Waals surface area contributed by atoms with Gasteiger partial charge in [0.2, 0.25) is 5.91 Å². The van der Waals surface area contributed by atoms with Crippen LogP contribution in [-0.2, 0) is 4.79 Å². The van der Waals surface area contributed by atoms with E-state index in [0.29, 0.717) is 6.42 Å². The van der Waals surface area contributed by atoms with Crippen LogP contribution >= 0.6 is 0 Å². The zero-order chi connectivity index (χ0) is 19.3. The van der Waals surface area contributed by atoms with E-state index in [1.807, 2.05) is 0 Å². The van der Waals surface area contributed by atoms with Crippen LogP contribution in [0.4, 0.5) is 0 Å². The smallest absolute Gasteiger partial charge is 0.220 e. The molecule has 0 fully saturated rings. The van der Waals surface area contributed by atoms with Gasteiger partial charge in [-0.2, -0.15) is 0 Å². The molecule has 0 unspecified atom stereocenters. The van der Waals surface area contributed by atoms with E-state index in [-0.39, 0.29) is 18.6 Å². The summed E-state index contributed by atoms with van der Waals surface area (Å²) in [4.78, 5) is 11.5. The Balaban J connectivity index is 3.54. The van der Waals surface area contributed by atoms with Crippen LogP contribution in [0, 0.1) is 0 Å². The lowest BCUT2D eigenvalue weighted by Gasteiger charge is -2.09. The number of allylic oxidation sites excluding steroid dienone is 10. The average Bonchev–Trinajstić information content (AvgIpc) is 2.64. The van der Waals surface area contributed by atoms with E-state index in [0.717, 1.165) is 44.9 Å². The standard InChI is InChI=1S/C23H37NO2/c1-3-4-5-6-7-8-9-10-11-12-13-14-15-16-17-18-19-20-23(26)24-22(2)21-25/h4-5,7-8,10-11,13-14,16-17,22,25H,3,6,9,12,15,18-21H2,1-2H3,(H,24,26)/b5-4-,8-7-,11-10-,14-13-,17-16-/t22-/m1/s1. The van der Waals surface area contributed by atoms with Gasteiger partial charge in [0.15, 0.2) is 0 Å². The molecule has 146 valence electrons. The van der Waals surface area contributed by atoms with Gasteiger partial charge in [-0.25, -0.2) is 0 Å². The van der Waals surface area contributed by atoms with Gasteiger partial charge in [-0.15, -0.1) is 0 Å². The van der Waals surface area contributed by atoms with Crippen LogP contribution in [0.1, 0.15) is 65.2 Å². The number of hydrogen-bond acceptors (Lipinski definition) is 2. The third kappa shape index (κ3) is 18.5. The summed E-state index contributed by atoms with van der Waals surface area (Å²) >= 11 is 0. The molecular weight excluding hydrogens is 322 g/mol. The molecule has 0 aromatic rings. The molecule has 2 N–H and O–H groups in total. The SMILES string of the molecule is CC/C=C\C/C=C\C/C=C\C/C=C\C/C=C\CCCC(=O)N[C@H](C)CO. The lowest BCUT2D eigenvalue weighted by Crippen LogP contribution is -2.34. The molecule has 26 heavy (non-hydrogen) atoms. The third-order valence-corrected chi connectivity index (χ3v) is 3.61. The predicted octanol–water partition coefficient (Wildman–Crippen LogP) is 5.41. The predicted molar refractivity (Wildman–Crippen MR) is 113 cm³/mol. The molecule has 0 aromatic heterocycles. The van der Waals surface area contributed by atoms with Gasteiger partial charge < -0.3 is 10.4 Å². The Bertz CT molecular complexity index is 473. The van der Waals surface area contributed by atoms with Crippen LogP contribution in [0.15, 0.2) is 60.8 Å². The van der Waals surface area contributed by atoms with Crippen LogP contribution in [0.25, 0.3) is 0 Å². The number of aliphatic hydroxyl groups is 1. The highest BCUT2D eigenvalue weighted by atomic mass is 16.3. The van der Waals surface area contributed by atoms with E-state index in [1.165, 1.54) is 0 Å². The number of carbonyl (C=O) groups is 1. The Morgan fingerprint density at radius 3 is 1.77 bits per heavy atom. The summed E-state index contributed by atoms with van der Waals surface area (Å²) in [7, 11) is 0. The molecular formula is C23H37NO2. The van der Waals surface area contributed by atoms with Gasteiger partial charge in [0.1, 0.15) is 0 Å². The maximum atomic E-state index is 11.5. The topological polar surface area (TPSA) is 49.3 Å². The van der Waals surface area contributed by atoms with Crippen LogP contribution in [0.2, 0.25) is 0 Å². The van der Waals surface area contributed by atoms with Gasteiger partial charge in [0.05, 0.1) is 6.61 Å². The summed E-state index contributed by atoms with van der Waals surface area (Å²) in [6, 6.07) is -0.156. The molecule has 0 heterocycles. The molecule has 0 aliphatic heterocycles. The highest BCUT2D eigenvalue weighted by Crippen LogP contribution is 2.00. The summed E-state index contributed by atoms with van der Waals surface area (Å²) < 4.78 is 0. The molecule has 0 aliphatic carbocycles. The van der Waals surface area contributed by atoms with Crippen LogP contribution in [0.3, 0.4) is 0 Å². The average molecular weight is 360 g/mol. The first-order valence-corrected chi connectivity index (χ1v) is 9.85. The van der Waals surface area contributed by atoms with E-state index in [9.17, 15) is 4.79 Å². The van der Waals surface area contributed by atoms with E-state index in [2.05, 4.69) is 73.0 Å². The molecule has 0 bridgehead atoms. The number of rotatable bonds is 15. The molecule has 3 nitrogen and oxygen atoms in total. The lowest BCUT2D eigenvalue weighted by molar-refractivity contribution is -0.122. The van der Waals surface area contributed by atoms with Crippen LogP contribution in [-0.4, -0.2) is 23.7 Å². The van der Waals surface area contributed by atoms with Crippen molar-refractivity contribution in [3.05, 3.63) is 60.8 Å². The minimum Gasteiger partial charge on any atom is -0.394 e. The second-order valence-electron chi connectivity index (χ2n) is 6.25. The molecule has 1 atom stereocenters. The minimum absolute atomic E-state index is 0.0129. The van der Waals surface area contributed by atoms with Gasteiger partial charge in [0.25, 0.3) is 0 Å². The van der Waals surface area contributed by atoms with Crippen molar-refractivity contribution < 1.29 is 9.90 Å². The first-order chi connectivity index (χ1) is 12.7. The van der Waals surface area contributed by atoms with Crippen molar-refractivity contribution in [2.75, 3.05) is 6.61 Å². The van der Waals surface area contributed by atoms with Gasteiger partial charge in [-0.05, 0) is 51.9 Å². The van der Waals surface area contributed by atoms with Crippen molar-refractivity contribution >= 4 is 5.91 Å². The fourth-order valence-corrected chi connectivity index (χ4v) is 2.14. The Morgan fingerprint density at radius 1 is 0.846 bits per heavy atom. The van der Waals surface area contributed by atoms with E-state index < -0.39 is 0 Å². The molecule has 0 radical (unpaired) electrons. The quantitative estimate of drug-likeness (QED) is 0.303. The summed E-state index contributed by atoms with van der Waals surface area (Å²) in [5, 5.41) is 11.6. The molecule has 1 amide bonds. The molecule has 0 aromatic carbocycles. The van der Waals surface area contributed by atoms with Gasteiger partial charge >= 0.3 is 0 Å². The lowest BCUT2D eigenvalue weighted by atomic mass is 10.2. The zero-order valence-electron chi connectivity index (χ0n) is 16.6. The number of carbonyl (C=O) groups excluding carboxylic acids is 1. The van der Waals surface area contributed by atoms with E-state index >= 15 is 0 Å². The number of unbranched alkanes of at least 4 members (excludes halogenated alkanes) is 1. The second-order valence-corrected chi connectivity index (χ2v) is 6.25. The van der Waals surface area contributed by atoms with Crippen molar-refractivity contribution in [3.63, 3.8) is 0 Å². The highest BCUT2D eigenvalue weighted by molar-refractivity contribution is 5.76. The van der Waals surface area contributed by atoms with Crippen LogP contribution in [0.5, 0.6) is 0 Å². The van der Waals surface area contributed by atoms with Crippen molar-refractivity contribution in [1.29, 1.82) is 0 Å². The van der Waals surface area contributed by atoms with Crippen molar-refractivity contribution in [2.45, 2.75) is 71.3 Å². The maximum Gasteiger partial charge on any atom is 0.220 e. The highest BCUT2D eigenvalue weighted by Gasteiger charge is 2.04. The summed E-state index contributed by atoms with van der Waals surface area (Å²) in [6.07, 6.45) is 29.1. The van der Waals surface area contributed by atoms with E-state index in [1.54, 1.807) is 6.92 Å². The van der Waals surface area contributed by atoms with Gasteiger partial charge in [-0.1, -0.05) is 67.7 Å². The monoisotopic (exact) mass is 359 g/mol. The number of amides is 1. The van der Waals surface area contributed by atoms with E-state index in [4.69, 9.17) is 5.11 Å². The maximum absolute atomic E-state index is 11.5. The van der Waals surface area contributed by atoms with Crippen molar-refractivity contribution in [3.8, 4) is 0 Å². The minimum atomic E-state index is -0.156. The second kappa shape index (κ2) is 19.5. The van der Waals surface area contributed by atoms with Crippen LogP contribution < -0.4 is 5.32 Å². The summed E-state index contributed by atoms with van der Waals surface area (Å²) in [5.74, 6) is 0.0129. The molecule has 0 aliphatic rings. The summed E-state index contributed by atoms with van der Waals surface area (Å²) in [6.45, 7) is 3.93. The molecule has 3 heteroatoms. The molecule has 0 saturated carbocycles. The molecule has 0 rings (SSSR count). The Hall–Kier alpha value is -1.87.